The second-order valence-corrected chi connectivity index (χ2v) is 2.69. The first-order valence-corrected chi connectivity index (χ1v) is 4.13. The SMILES string of the molecule is CNc1cc(C(=O)OC)ccc1C=N. The van der Waals surface area contributed by atoms with Crippen molar-refractivity contribution in [2.24, 2.45) is 0 Å². The van der Waals surface area contributed by atoms with Gasteiger partial charge in [-0.25, -0.2) is 4.79 Å². The first-order valence-electron chi connectivity index (χ1n) is 4.13. The lowest BCUT2D eigenvalue weighted by Crippen LogP contribution is -2.03. The Morgan fingerprint density at radius 3 is 2.79 bits per heavy atom. The van der Waals surface area contributed by atoms with Gasteiger partial charge in [0.2, 0.25) is 0 Å². The molecule has 0 amide bonds. The number of esters is 1. The molecular weight excluding hydrogens is 180 g/mol. The van der Waals surface area contributed by atoms with Crippen LogP contribution in [0.25, 0.3) is 0 Å². The number of hydrogen-bond acceptors (Lipinski definition) is 4. The Kier molecular flexibility index (Phi) is 3.23. The van der Waals surface area contributed by atoms with E-state index in [2.05, 4.69) is 10.1 Å². The molecule has 0 saturated heterocycles. The Hall–Kier alpha value is -1.84. The molecule has 2 N–H and O–H groups in total. The third-order valence-electron chi connectivity index (χ3n) is 1.90. The number of carbonyl (C=O) groups is 1. The van der Waals surface area contributed by atoms with Crippen LogP contribution in [0.15, 0.2) is 18.2 Å². The molecule has 0 aliphatic rings. The topological polar surface area (TPSA) is 62.2 Å². The molecular formula is C10H12N2O2. The van der Waals surface area contributed by atoms with E-state index in [1.54, 1.807) is 25.2 Å². The highest BCUT2D eigenvalue weighted by Crippen LogP contribution is 2.15. The molecule has 0 aromatic heterocycles. The van der Waals surface area contributed by atoms with Crippen LogP contribution in [-0.2, 0) is 4.74 Å². The van der Waals surface area contributed by atoms with Gasteiger partial charge in [-0.3, -0.25) is 0 Å². The van der Waals surface area contributed by atoms with E-state index in [9.17, 15) is 4.79 Å². The molecule has 0 heterocycles. The zero-order valence-corrected chi connectivity index (χ0v) is 8.13. The summed E-state index contributed by atoms with van der Waals surface area (Å²) in [5, 5.41) is 10.0. The van der Waals surface area contributed by atoms with Crippen molar-refractivity contribution in [3.63, 3.8) is 0 Å². The summed E-state index contributed by atoms with van der Waals surface area (Å²) >= 11 is 0. The second-order valence-electron chi connectivity index (χ2n) is 2.69. The van der Waals surface area contributed by atoms with Crippen molar-refractivity contribution in [3.8, 4) is 0 Å². The molecule has 74 valence electrons. The van der Waals surface area contributed by atoms with Crippen molar-refractivity contribution in [1.82, 2.24) is 0 Å². The average molecular weight is 192 g/mol. The molecule has 0 radical (unpaired) electrons. The van der Waals surface area contributed by atoms with E-state index in [1.165, 1.54) is 13.3 Å². The minimum Gasteiger partial charge on any atom is -0.465 e. The van der Waals surface area contributed by atoms with Gasteiger partial charge in [0.1, 0.15) is 0 Å². The fourth-order valence-electron chi connectivity index (χ4n) is 1.14. The number of ether oxygens (including phenoxy) is 1. The molecule has 0 unspecified atom stereocenters. The van der Waals surface area contributed by atoms with Crippen LogP contribution < -0.4 is 5.32 Å². The maximum atomic E-state index is 11.2. The van der Waals surface area contributed by atoms with Crippen molar-refractivity contribution in [2.75, 3.05) is 19.5 Å². The molecule has 0 saturated carbocycles. The van der Waals surface area contributed by atoms with E-state index in [1.807, 2.05) is 0 Å². The molecule has 0 bridgehead atoms. The first-order chi connectivity index (χ1) is 6.72. The van der Waals surface area contributed by atoms with E-state index < -0.39 is 0 Å². The first kappa shape index (κ1) is 10.2. The number of rotatable bonds is 3. The Morgan fingerprint density at radius 2 is 2.29 bits per heavy atom. The monoisotopic (exact) mass is 192 g/mol. The quantitative estimate of drug-likeness (QED) is 0.563. The van der Waals surface area contributed by atoms with Gasteiger partial charge in [-0.1, -0.05) is 6.07 Å². The van der Waals surface area contributed by atoms with Crippen LogP contribution in [0.1, 0.15) is 15.9 Å². The van der Waals surface area contributed by atoms with Gasteiger partial charge in [-0.2, -0.15) is 0 Å². The Morgan fingerprint density at radius 1 is 1.57 bits per heavy atom. The third-order valence-corrected chi connectivity index (χ3v) is 1.90. The molecule has 1 aromatic rings. The smallest absolute Gasteiger partial charge is 0.337 e. The van der Waals surface area contributed by atoms with Crippen molar-refractivity contribution >= 4 is 17.9 Å². The van der Waals surface area contributed by atoms with Crippen LogP contribution in [-0.4, -0.2) is 26.3 Å². The van der Waals surface area contributed by atoms with Gasteiger partial charge in [0.05, 0.1) is 12.7 Å². The molecule has 14 heavy (non-hydrogen) atoms. The molecule has 1 rings (SSSR count). The van der Waals surface area contributed by atoms with E-state index in [4.69, 9.17) is 5.41 Å². The summed E-state index contributed by atoms with van der Waals surface area (Å²) in [7, 11) is 3.08. The number of anilines is 1. The number of methoxy groups -OCH3 is 1. The zero-order valence-electron chi connectivity index (χ0n) is 8.13. The summed E-state index contributed by atoms with van der Waals surface area (Å²) < 4.78 is 4.59. The molecule has 0 atom stereocenters. The van der Waals surface area contributed by atoms with Crippen LogP contribution in [0.2, 0.25) is 0 Å². The van der Waals surface area contributed by atoms with Crippen molar-refractivity contribution in [1.29, 1.82) is 5.41 Å². The molecule has 4 nitrogen and oxygen atoms in total. The largest absolute Gasteiger partial charge is 0.465 e. The maximum absolute atomic E-state index is 11.2. The summed E-state index contributed by atoms with van der Waals surface area (Å²) in [6.45, 7) is 0. The van der Waals surface area contributed by atoms with E-state index >= 15 is 0 Å². The Labute approximate surface area is 82.4 Å². The van der Waals surface area contributed by atoms with Crippen molar-refractivity contribution in [3.05, 3.63) is 29.3 Å². The molecule has 1 aromatic carbocycles. The number of hydrogen-bond donors (Lipinski definition) is 2. The number of nitrogens with one attached hydrogen (secondary N) is 2. The lowest BCUT2D eigenvalue weighted by atomic mass is 10.1. The normalized spacial score (nSPS) is 9.29. The van der Waals surface area contributed by atoms with Gasteiger partial charge >= 0.3 is 5.97 Å². The van der Waals surface area contributed by atoms with Gasteiger partial charge in [-0.05, 0) is 12.1 Å². The third kappa shape index (κ3) is 1.90. The van der Waals surface area contributed by atoms with Gasteiger partial charge in [0, 0.05) is 24.5 Å². The summed E-state index contributed by atoms with van der Waals surface area (Å²) in [5.41, 5.74) is 1.95. The molecule has 0 fully saturated rings. The lowest BCUT2D eigenvalue weighted by molar-refractivity contribution is 0.0601. The standard InChI is InChI=1S/C10H12N2O2/c1-12-9-5-7(10(13)14-2)3-4-8(9)6-11/h3-6,11-12H,1-2H3. The summed E-state index contributed by atoms with van der Waals surface area (Å²) in [6.07, 6.45) is 1.23. The van der Waals surface area contributed by atoms with E-state index in [0.29, 0.717) is 5.56 Å². The van der Waals surface area contributed by atoms with Crippen molar-refractivity contribution < 1.29 is 9.53 Å². The van der Waals surface area contributed by atoms with Crippen LogP contribution in [0.3, 0.4) is 0 Å². The minimum absolute atomic E-state index is 0.377. The van der Waals surface area contributed by atoms with Gasteiger partial charge < -0.3 is 15.5 Å². The zero-order chi connectivity index (χ0) is 10.6. The lowest BCUT2D eigenvalue weighted by Gasteiger charge is -2.06. The number of benzene rings is 1. The molecule has 0 aliphatic heterocycles. The van der Waals surface area contributed by atoms with E-state index in [-0.39, 0.29) is 5.97 Å². The van der Waals surface area contributed by atoms with Crippen LogP contribution in [0, 0.1) is 5.41 Å². The van der Waals surface area contributed by atoms with Gasteiger partial charge in [-0.15, -0.1) is 0 Å². The van der Waals surface area contributed by atoms with Crippen molar-refractivity contribution in [2.45, 2.75) is 0 Å². The van der Waals surface area contributed by atoms with Gasteiger partial charge in [0.15, 0.2) is 0 Å². The highest BCUT2D eigenvalue weighted by atomic mass is 16.5. The highest BCUT2D eigenvalue weighted by Gasteiger charge is 2.07. The summed E-state index contributed by atoms with van der Waals surface area (Å²) in [4.78, 5) is 11.2. The molecule has 0 aliphatic carbocycles. The highest BCUT2D eigenvalue weighted by molar-refractivity contribution is 5.94. The Bertz CT molecular complexity index is 361. The minimum atomic E-state index is -0.377. The maximum Gasteiger partial charge on any atom is 0.337 e. The van der Waals surface area contributed by atoms with Crippen LogP contribution >= 0.6 is 0 Å². The van der Waals surface area contributed by atoms with Crippen LogP contribution in [0.4, 0.5) is 5.69 Å². The second kappa shape index (κ2) is 4.41. The average Bonchev–Trinajstić information content (AvgIpc) is 2.26. The summed E-state index contributed by atoms with van der Waals surface area (Å²) in [5.74, 6) is -0.377. The molecule has 4 heteroatoms. The van der Waals surface area contributed by atoms with E-state index in [0.717, 1.165) is 11.3 Å². The molecule has 0 spiro atoms. The van der Waals surface area contributed by atoms with Crippen LogP contribution in [0.5, 0.6) is 0 Å². The Balaban J connectivity index is 3.13. The predicted octanol–water partition coefficient (Wildman–Crippen LogP) is 1.51. The predicted molar refractivity (Wildman–Crippen MR) is 55.2 cm³/mol. The fraction of sp³-hybridized carbons (Fsp3) is 0.200. The summed E-state index contributed by atoms with van der Waals surface area (Å²) in [6, 6.07) is 4.99. The fourth-order valence-corrected chi connectivity index (χ4v) is 1.14. The number of carbonyl (C=O) groups excluding carboxylic acids is 1. The van der Waals surface area contributed by atoms with Gasteiger partial charge in [0.25, 0.3) is 0 Å².